The van der Waals surface area contributed by atoms with Crippen LogP contribution in [0.25, 0.3) is 0 Å². The zero-order valence-electron chi connectivity index (χ0n) is 13.2. The second-order valence-corrected chi connectivity index (χ2v) is 6.59. The van der Waals surface area contributed by atoms with Gasteiger partial charge in [-0.05, 0) is 17.7 Å². The van der Waals surface area contributed by atoms with Crippen molar-refractivity contribution in [3.8, 4) is 0 Å². The third-order valence-electron chi connectivity index (χ3n) is 3.71. The van der Waals surface area contributed by atoms with Crippen LogP contribution in [0.4, 0.5) is 10.5 Å². The van der Waals surface area contributed by atoms with Crippen LogP contribution in [0.5, 0.6) is 0 Å². The van der Waals surface area contributed by atoms with Gasteiger partial charge < -0.3 is 10.2 Å². The number of nitrogens with zero attached hydrogens (tertiary/aromatic N) is 1. The summed E-state index contributed by atoms with van der Waals surface area (Å²) < 4.78 is 0. The SMILES string of the molecule is O=C(CN1CCSc2ccccc21)NC(=O)NCc1ccccc1. The summed E-state index contributed by atoms with van der Waals surface area (Å²) in [6.07, 6.45) is 0. The van der Waals surface area contributed by atoms with E-state index in [0.29, 0.717) is 6.54 Å². The van der Waals surface area contributed by atoms with Gasteiger partial charge in [-0.25, -0.2) is 4.79 Å². The van der Waals surface area contributed by atoms with Gasteiger partial charge in [0.1, 0.15) is 0 Å². The first-order chi connectivity index (χ1) is 11.7. The molecule has 0 atom stereocenters. The lowest BCUT2D eigenvalue weighted by Crippen LogP contribution is -2.45. The van der Waals surface area contributed by atoms with Gasteiger partial charge >= 0.3 is 6.03 Å². The predicted molar refractivity (Wildman–Crippen MR) is 96.2 cm³/mol. The van der Waals surface area contributed by atoms with E-state index in [1.165, 1.54) is 4.90 Å². The normalized spacial score (nSPS) is 13.1. The zero-order valence-corrected chi connectivity index (χ0v) is 14.0. The molecule has 0 unspecified atom stereocenters. The van der Waals surface area contributed by atoms with Crippen LogP contribution < -0.4 is 15.5 Å². The first-order valence-electron chi connectivity index (χ1n) is 7.81. The van der Waals surface area contributed by atoms with Crippen molar-refractivity contribution < 1.29 is 9.59 Å². The van der Waals surface area contributed by atoms with Crippen molar-refractivity contribution in [1.82, 2.24) is 10.6 Å². The van der Waals surface area contributed by atoms with E-state index in [0.717, 1.165) is 23.5 Å². The van der Waals surface area contributed by atoms with Gasteiger partial charge in [-0.2, -0.15) is 0 Å². The average Bonchev–Trinajstić information content (AvgIpc) is 2.61. The predicted octanol–water partition coefficient (Wildman–Crippen LogP) is 2.62. The molecule has 0 fully saturated rings. The highest BCUT2D eigenvalue weighted by Crippen LogP contribution is 2.33. The molecule has 5 nitrogen and oxygen atoms in total. The van der Waals surface area contributed by atoms with E-state index in [1.54, 1.807) is 11.8 Å². The van der Waals surface area contributed by atoms with Gasteiger partial charge in [0.05, 0.1) is 12.2 Å². The quantitative estimate of drug-likeness (QED) is 0.897. The summed E-state index contributed by atoms with van der Waals surface area (Å²) in [5.74, 6) is 0.632. The van der Waals surface area contributed by atoms with E-state index in [9.17, 15) is 9.59 Å². The lowest BCUT2D eigenvalue weighted by atomic mass is 10.2. The number of para-hydroxylation sites is 1. The molecule has 2 N–H and O–H groups in total. The Morgan fingerprint density at radius 1 is 1.04 bits per heavy atom. The maximum atomic E-state index is 12.1. The summed E-state index contributed by atoms with van der Waals surface area (Å²) in [6, 6.07) is 17.1. The molecular formula is C18H19N3O2S. The lowest BCUT2D eigenvalue weighted by Gasteiger charge is -2.30. The van der Waals surface area contributed by atoms with Crippen molar-refractivity contribution in [2.24, 2.45) is 0 Å². The van der Waals surface area contributed by atoms with Gasteiger partial charge in [0.15, 0.2) is 0 Å². The van der Waals surface area contributed by atoms with Crippen molar-refractivity contribution in [3.63, 3.8) is 0 Å². The molecule has 1 aliphatic rings. The Kier molecular flexibility index (Phi) is 5.38. The molecule has 3 rings (SSSR count). The van der Waals surface area contributed by atoms with Crippen molar-refractivity contribution in [2.75, 3.05) is 23.7 Å². The molecule has 0 radical (unpaired) electrons. The summed E-state index contributed by atoms with van der Waals surface area (Å²) in [7, 11) is 0. The standard InChI is InChI=1S/C18H19N3O2S/c22-17(20-18(23)19-12-14-6-2-1-3-7-14)13-21-10-11-24-16-9-5-4-8-15(16)21/h1-9H,10-13H2,(H2,19,20,22,23). The number of hydrogen-bond donors (Lipinski definition) is 2. The van der Waals surface area contributed by atoms with Crippen LogP contribution in [-0.2, 0) is 11.3 Å². The Bertz CT molecular complexity index is 721. The highest BCUT2D eigenvalue weighted by atomic mass is 32.2. The molecule has 0 spiro atoms. The molecule has 0 aromatic heterocycles. The second-order valence-electron chi connectivity index (χ2n) is 5.45. The third-order valence-corrected chi connectivity index (χ3v) is 4.75. The highest BCUT2D eigenvalue weighted by Gasteiger charge is 2.19. The van der Waals surface area contributed by atoms with Crippen molar-refractivity contribution in [3.05, 3.63) is 60.2 Å². The second kappa shape index (κ2) is 7.88. The lowest BCUT2D eigenvalue weighted by molar-refractivity contribution is -0.118. The van der Waals surface area contributed by atoms with Crippen molar-refractivity contribution in [2.45, 2.75) is 11.4 Å². The van der Waals surface area contributed by atoms with Gasteiger partial charge in [-0.3, -0.25) is 10.1 Å². The van der Waals surface area contributed by atoms with E-state index >= 15 is 0 Å². The van der Waals surface area contributed by atoms with Crippen molar-refractivity contribution in [1.29, 1.82) is 0 Å². The third kappa shape index (κ3) is 4.29. The van der Waals surface area contributed by atoms with Crippen LogP contribution in [0.2, 0.25) is 0 Å². The van der Waals surface area contributed by atoms with E-state index in [4.69, 9.17) is 0 Å². The minimum absolute atomic E-state index is 0.177. The first-order valence-corrected chi connectivity index (χ1v) is 8.79. The fraction of sp³-hybridized carbons (Fsp3) is 0.222. The number of imide groups is 1. The molecule has 1 aliphatic heterocycles. The minimum Gasteiger partial charge on any atom is -0.360 e. The summed E-state index contributed by atoms with van der Waals surface area (Å²) >= 11 is 1.79. The zero-order chi connectivity index (χ0) is 16.8. The number of benzene rings is 2. The topological polar surface area (TPSA) is 61.4 Å². The number of rotatable bonds is 4. The number of fused-ring (bicyclic) bond motifs is 1. The van der Waals surface area contributed by atoms with Crippen LogP contribution in [0.1, 0.15) is 5.56 Å². The molecule has 2 aromatic carbocycles. The monoisotopic (exact) mass is 341 g/mol. The Morgan fingerprint density at radius 3 is 2.62 bits per heavy atom. The van der Waals surface area contributed by atoms with Crippen LogP contribution in [0.3, 0.4) is 0 Å². The van der Waals surface area contributed by atoms with Crippen LogP contribution in [0, 0.1) is 0 Å². The molecule has 1 heterocycles. The van der Waals surface area contributed by atoms with Gasteiger partial charge in [-0.15, -0.1) is 11.8 Å². The smallest absolute Gasteiger partial charge is 0.321 e. The average molecular weight is 341 g/mol. The largest absolute Gasteiger partial charge is 0.360 e. The first kappa shape index (κ1) is 16.4. The van der Waals surface area contributed by atoms with Gasteiger partial charge in [0, 0.05) is 23.7 Å². The molecule has 124 valence electrons. The Hall–Kier alpha value is -2.47. The van der Waals surface area contributed by atoms with E-state index in [2.05, 4.69) is 16.7 Å². The number of nitrogens with one attached hydrogen (secondary N) is 2. The number of anilines is 1. The molecular weight excluding hydrogens is 322 g/mol. The van der Waals surface area contributed by atoms with Crippen LogP contribution in [0.15, 0.2) is 59.5 Å². The fourth-order valence-corrected chi connectivity index (χ4v) is 3.60. The van der Waals surface area contributed by atoms with E-state index in [1.807, 2.05) is 53.4 Å². The molecule has 24 heavy (non-hydrogen) atoms. The number of amides is 3. The summed E-state index contributed by atoms with van der Waals surface area (Å²) in [5.41, 5.74) is 2.04. The molecule has 6 heteroatoms. The minimum atomic E-state index is -0.469. The Labute approximate surface area is 145 Å². The van der Waals surface area contributed by atoms with Gasteiger partial charge in [0.2, 0.25) is 5.91 Å². The maximum Gasteiger partial charge on any atom is 0.321 e. The number of urea groups is 1. The fourth-order valence-electron chi connectivity index (χ4n) is 2.55. The Balaban J connectivity index is 1.50. The maximum absolute atomic E-state index is 12.1. The number of carbonyl (C=O) groups is 2. The number of thioether (sulfide) groups is 1. The van der Waals surface area contributed by atoms with Crippen molar-refractivity contribution >= 4 is 29.4 Å². The molecule has 2 aromatic rings. The molecule has 0 aliphatic carbocycles. The van der Waals surface area contributed by atoms with E-state index in [-0.39, 0.29) is 12.5 Å². The van der Waals surface area contributed by atoms with Crippen LogP contribution >= 0.6 is 11.8 Å². The van der Waals surface area contributed by atoms with Gasteiger partial charge in [0.25, 0.3) is 0 Å². The highest BCUT2D eigenvalue weighted by molar-refractivity contribution is 7.99. The summed E-state index contributed by atoms with van der Waals surface area (Å²) in [4.78, 5) is 27.1. The molecule has 3 amide bonds. The Morgan fingerprint density at radius 2 is 1.79 bits per heavy atom. The molecule has 0 saturated carbocycles. The summed E-state index contributed by atoms with van der Waals surface area (Å²) in [6.45, 7) is 1.36. The summed E-state index contributed by atoms with van der Waals surface area (Å²) in [5, 5.41) is 5.08. The molecule has 0 bridgehead atoms. The molecule has 0 saturated heterocycles. The van der Waals surface area contributed by atoms with E-state index < -0.39 is 6.03 Å². The number of carbonyl (C=O) groups excluding carboxylic acids is 2. The van der Waals surface area contributed by atoms with Gasteiger partial charge in [-0.1, -0.05) is 42.5 Å². The van der Waals surface area contributed by atoms with Crippen LogP contribution in [-0.4, -0.2) is 30.8 Å². The number of hydrogen-bond acceptors (Lipinski definition) is 4.